The second kappa shape index (κ2) is 18.7. The molecule has 3 nitrogen and oxygen atoms in total. The molecule has 3 heteroatoms. The molecule has 0 saturated carbocycles. The fourth-order valence-electron chi connectivity index (χ4n) is 13.0. The number of benzene rings is 12. The summed E-state index contributed by atoms with van der Waals surface area (Å²) in [6, 6.07) is 103. The molecule has 12 aromatic rings. The summed E-state index contributed by atoms with van der Waals surface area (Å²) >= 11 is 0. The zero-order chi connectivity index (χ0) is 51.6. The van der Waals surface area contributed by atoms with Crippen LogP contribution in [0.2, 0.25) is 0 Å². The van der Waals surface area contributed by atoms with Gasteiger partial charge < -0.3 is 14.4 Å². The first-order chi connectivity index (χ1) is 38.7. The van der Waals surface area contributed by atoms with Crippen molar-refractivity contribution >= 4 is 17.1 Å². The molecule has 0 saturated heterocycles. The van der Waals surface area contributed by atoms with Gasteiger partial charge in [-0.2, -0.15) is 0 Å². The van der Waals surface area contributed by atoms with Gasteiger partial charge in [-0.25, -0.2) is 0 Å². The minimum atomic E-state index is -0.522. The Morgan fingerprint density at radius 1 is 0.295 bits per heavy atom. The minimum absolute atomic E-state index is 0.522. The van der Waals surface area contributed by atoms with E-state index in [-0.39, 0.29) is 0 Å². The number of ether oxygens (including phenoxy) is 2. The molecule has 78 heavy (non-hydrogen) atoms. The van der Waals surface area contributed by atoms with Gasteiger partial charge in [0.2, 0.25) is 0 Å². The number of anilines is 3. The van der Waals surface area contributed by atoms with Crippen LogP contribution in [-0.4, -0.2) is 0 Å². The van der Waals surface area contributed by atoms with E-state index in [2.05, 4.69) is 284 Å². The van der Waals surface area contributed by atoms with Gasteiger partial charge in [-0.1, -0.05) is 249 Å². The van der Waals surface area contributed by atoms with Crippen molar-refractivity contribution in [1.29, 1.82) is 0 Å². The quantitative estimate of drug-likeness (QED) is 0.136. The summed E-state index contributed by atoms with van der Waals surface area (Å²) in [5, 5.41) is 0. The Bertz CT molecular complexity index is 4210. The Labute approximate surface area is 455 Å². The van der Waals surface area contributed by atoms with Crippen LogP contribution in [0.25, 0.3) is 55.6 Å². The molecule has 0 radical (unpaired) electrons. The van der Waals surface area contributed by atoms with Crippen LogP contribution in [0.4, 0.5) is 17.1 Å². The highest BCUT2D eigenvalue weighted by atomic mass is 16.6. The van der Waals surface area contributed by atoms with E-state index < -0.39 is 5.41 Å². The fourth-order valence-corrected chi connectivity index (χ4v) is 13.0. The lowest BCUT2D eigenvalue weighted by Gasteiger charge is -2.33. The smallest absolute Gasteiger partial charge is 0.194 e. The predicted molar refractivity (Wildman–Crippen MR) is 319 cm³/mol. The number of nitrogens with zero attached hydrogens (tertiary/aromatic N) is 1. The molecule has 15 rings (SSSR count). The van der Waals surface area contributed by atoms with E-state index in [1.54, 1.807) is 0 Å². The van der Waals surface area contributed by atoms with Crippen LogP contribution in [0.15, 0.2) is 285 Å². The number of fused-ring (bicyclic) bond motifs is 13. The first-order valence-corrected chi connectivity index (χ1v) is 27.0. The monoisotopic (exact) mass is 997 g/mol. The largest absolute Gasteiger partial charge is 0.449 e. The SMILES string of the molecule is c1ccc(Cc2ccccc2-c2cccc(-c3ccc(N(c4ccccc4-c4ccccc4)c4cccc5c4Oc4c(ccc6c4-c4ccccc4C64c6ccccc6-c6ccccc64)O5)cc3)c2Cc2ccccc2)cc1. The average molecular weight is 998 g/mol. The molecule has 0 bridgehead atoms. The van der Waals surface area contributed by atoms with E-state index in [0.29, 0.717) is 17.2 Å². The molecule has 1 heterocycles. The van der Waals surface area contributed by atoms with Crippen LogP contribution in [-0.2, 0) is 18.3 Å². The van der Waals surface area contributed by atoms with Gasteiger partial charge in [0.15, 0.2) is 23.0 Å². The zero-order valence-electron chi connectivity index (χ0n) is 42.8. The van der Waals surface area contributed by atoms with Crippen molar-refractivity contribution in [3.8, 4) is 78.6 Å². The molecule has 0 aromatic heterocycles. The molecule has 0 atom stereocenters. The topological polar surface area (TPSA) is 21.7 Å². The van der Waals surface area contributed by atoms with Gasteiger partial charge in [0.1, 0.15) is 0 Å². The number of rotatable bonds is 10. The van der Waals surface area contributed by atoms with Crippen molar-refractivity contribution in [3.63, 3.8) is 0 Å². The first-order valence-electron chi connectivity index (χ1n) is 27.0. The van der Waals surface area contributed by atoms with E-state index in [9.17, 15) is 0 Å². The van der Waals surface area contributed by atoms with E-state index >= 15 is 0 Å². The van der Waals surface area contributed by atoms with Crippen molar-refractivity contribution < 1.29 is 9.47 Å². The molecule has 12 aromatic carbocycles. The molecule has 2 aliphatic carbocycles. The Hall–Kier alpha value is -9.96. The van der Waals surface area contributed by atoms with E-state index in [1.165, 1.54) is 72.3 Å². The lowest BCUT2D eigenvalue weighted by Crippen LogP contribution is -2.25. The summed E-state index contributed by atoms with van der Waals surface area (Å²) in [5.41, 5.74) is 24.4. The predicted octanol–water partition coefficient (Wildman–Crippen LogP) is 19.6. The molecule has 0 fully saturated rings. The Morgan fingerprint density at radius 2 is 0.795 bits per heavy atom. The van der Waals surface area contributed by atoms with Gasteiger partial charge in [-0.15, -0.1) is 0 Å². The third kappa shape index (κ3) is 7.27. The third-order valence-electron chi connectivity index (χ3n) is 16.3. The molecule has 368 valence electrons. The maximum Gasteiger partial charge on any atom is 0.194 e. The lowest BCUT2D eigenvalue weighted by molar-refractivity contribution is 0.361. The summed E-state index contributed by atoms with van der Waals surface area (Å²) < 4.78 is 14.6. The van der Waals surface area contributed by atoms with Gasteiger partial charge in [-0.3, -0.25) is 0 Å². The second-order valence-corrected chi connectivity index (χ2v) is 20.6. The van der Waals surface area contributed by atoms with Crippen LogP contribution >= 0.6 is 0 Å². The first kappa shape index (κ1) is 45.4. The summed E-state index contributed by atoms with van der Waals surface area (Å²) in [5.74, 6) is 2.73. The van der Waals surface area contributed by atoms with Crippen molar-refractivity contribution in [2.45, 2.75) is 18.3 Å². The molecule has 0 N–H and O–H groups in total. The third-order valence-corrected chi connectivity index (χ3v) is 16.3. The molecule has 0 amide bonds. The van der Waals surface area contributed by atoms with Gasteiger partial charge in [-0.05, 0) is 138 Å². The molecule has 1 aliphatic heterocycles. The van der Waals surface area contributed by atoms with Gasteiger partial charge in [0, 0.05) is 16.8 Å². The van der Waals surface area contributed by atoms with Crippen LogP contribution < -0.4 is 14.4 Å². The van der Waals surface area contributed by atoms with Crippen molar-refractivity contribution in [1.82, 2.24) is 0 Å². The zero-order valence-corrected chi connectivity index (χ0v) is 42.8. The molecule has 3 aliphatic rings. The maximum atomic E-state index is 7.56. The Morgan fingerprint density at radius 3 is 1.50 bits per heavy atom. The molecule has 1 spiro atoms. The summed E-state index contributed by atoms with van der Waals surface area (Å²) in [4.78, 5) is 2.35. The number of para-hydroxylation sites is 2. The van der Waals surface area contributed by atoms with Gasteiger partial charge in [0.05, 0.1) is 16.8 Å². The Kier molecular flexibility index (Phi) is 10.9. The van der Waals surface area contributed by atoms with E-state index in [4.69, 9.17) is 9.47 Å². The normalized spacial score (nSPS) is 12.8. The minimum Gasteiger partial charge on any atom is -0.449 e. The average Bonchev–Trinajstić information content (AvgIpc) is 3.41. The van der Waals surface area contributed by atoms with Crippen LogP contribution in [0.5, 0.6) is 23.0 Å². The highest BCUT2D eigenvalue weighted by Gasteiger charge is 2.53. The lowest BCUT2D eigenvalue weighted by atomic mass is 9.70. The molecule has 0 unspecified atom stereocenters. The summed E-state index contributed by atoms with van der Waals surface area (Å²) in [7, 11) is 0. The summed E-state index contributed by atoms with van der Waals surface area (Å²) in [6.07, 6.45) is 1.64. The number of hydrogen-bond acceptors (Lipinski definition) is 3. The fraction of sp³-hybridized carbons (Fsp3) is 0.0400. The standard InChI is InChI=1S/C75H51NO2/c1-4-22-50(23-5-1)48-54-28-10-11-29-57(54)59-35-20-34-56(63(59)49-51-24-6-2-7-25-51)53-42-44-55(45-43-53)76(68-39-19-15-30-58(68)52-26-8-3-9-27-52)69-40-21-41-70-73(69)78-74-71(77-70)47-46-67-72(74)62-33-14-18-38-66(62)75(67)64-36-16-12-31-60(64)61-32-13-17-37-65(61)75/h1-47H,48-49H2. The van der Waals surface area contributed by atoms with Gasteiger partial charge >= 0.3 is 0 Å². The second-order valence-electron chi connectivity index (χ2n) is 20.6. The number of hydrogen-bond donors (Lipinski definition) is 0. The Balaban J connectivity index is 0.886. The van der Waals surface area contributed by atoms with Crippen LogP contribution in [0.3, 0.4) is 0 Å². The van der Waals surface area contributed by atoms with Crippen LogP contribution in [0.1, 0.15) is 44.5 Å². The molecular weight excluding hydrogens is 947 g/mol. The van der Waals surface area contributed by atoms with Crippen LogP contribution in [0, 0.1) is 0 Å². The maximum absolute atomic E-state index is 7.56. The van der Waals surface area contributed by atoms with Crippen molar-refractivity contribution in [2.24, 2.45) is 0 Å². The highest BCUT2D eigenvalue weighted by Crippen LogP contribution is 2.67. The van der Waals surface area contributed by atoms with Crippen molar-refractivity contribution in [3.05, 3.63) is 330 Å². The van der Waals surface area contributed by atoms with Gasteiger partial charge in [0.25, 0.3) is 0 Å². The molecular formula is C75H51NO2. The highest BCUT2D eigenvalue weighted by molar-refractivity contribution is 5.99. The van der Waals surface area contributed by atoms with E-state index in [1.807, 2.05) is 6.07 Å². The van der Waals surface area contributed by atoms with E-state index in [0.717, 1.165) is 63.5 Å². The summed E-state index contributed by atoms with van der Waals surface area (Å²) in [6.45, 7) is 0. The van der Waals surface area contributed by atoms with Crippen molar-refractivity contribution in [2.75, 3.05) is 4.90 Å².